The maximum Gasteiger partial charge on any atom is 0.215 e. The molecule has 12 aromatic heterocycles. The Morgan fingerprint density at radius 1 is 0.455 bits per heavy atom. The van der Waals surface area contributed by atoms with E-state index in [0.29, 0.717) is 48.7 Å². The highest BCUT2D eigenvalue weighted by molar-refractivity contribution is 9.10. The van der Waals surface area contributed by atoms with Crippen LogP contribution in [0.15, 0.2) is 133 Å². The van der Waals surface area contributed by atoms with E-state index >= 15 is 0 Å². The fourth-order valence-corrected chi connectivity index (χ4v) is 16.2. The minimum absolute atomic E-state index is 0.382. The molecule has 0 spiro atoms. The summed E-state index contributed by atoms with van der Waals surface area (Å²) in [7, 11) is -2.33. The second kappa shape index (κ2) is 34.7. The summed E-state index contributed by atoms with van der Waals surface area (Å²) in [5.41, 5.74) is 11.7. The molecule has 101 heavy (non-hydrogen) atoms. The molecule has 3 fully saturated rings. The van der Waals surface area contributed by atoms with Crippen LogP contribution in [0, 0.1) is 0 Å². The smallest absolute Gasteiger partial charge is 0.215 e. The Labute approximate surface area is 609 Å². The maximum absolute atomic E-state index is 6.15. The number of nitrogens with one attached hydrogen (secondary N) is 3. The van der Waals surface area contributed by atoms with Crippen LogP contribution in [0.3, 0.4) is 0 Å². The zero-order valence-electron chi connectivity index (χ0n) is 57.5. The monoisotopic (exact) mass is 1510 g/mol. The van der Waals surface area contributed by atoms with E-state index in [4.69, 9.17) is 25.2 Å². The van der Waals surface area contributed by atoms with Crippen molar-refractivity contribution in [3.63, 3.8) is 0 Å². The predicted octanol–water partition coefficient (Wildman–Crippen LogP) is 16.9. The number of pyridine rings is 6. The number of anilines is 11. The molecule has 0 unspecified atom stereocenters. The van der Waals surface area contributed by atoms with Crippen LogP contribution in [0.4, 0.5) is 61.7 Å². The molecule has 0 radical (unpaired) electrons. The van der Waals surface area contributed by atoms with Crippen LogP contribution < -0.4 is 31.5 Å². The van der Waals surface area contributed by atoms with Crippen LogP contribution in [-0.4, -0.2) is 134 Å². The molecule has 0 aliphatic heterocycles. The van der Waals surface area contributed by atoms with Crippen molar-refractivity contribution in [1.82, 2.24) is 91.1 Å². The molecule has 3 aliphatic rings. The molecular weight excluding hydrogens is 1430 g/mol. The summed E-state index contributed by atoms with van der Waals surface area (Å²) in [5.74, 6) is 5.71. The van der Waals surface area contributed by atoms with Gasteiger partial charge in [0, 0.05) is 76.4 Å². The number of hydrogen-bond donors (Lipinski definition) is 4. The highest BCUT2D eigenvalue weighted by Gasteiger charge is 2.27. The Kier molecular flexibility index (Phi) is 24.8. The molecule has 0 saturated heterocycles. The SMILES string of the molecule is C[Si](C)(C)CCOCN(c1ccc2ncc(Br)cc2n1)c1nnc(C2CCCC2)s1.C[Si](C)(C)CCOCN(c1ccc2ncc(Nc3cccnn3)cc2n1)c1nnc(C2CCCC2)s1.Nc1cccnn1.c1cnnc(Nc2cnc3ccc(Nc4nnc(C5CCCC5)s4)nc3c2)c1. The third-order valence-corrected chi connectivity index (χ3v) is 24.0. The number of fused-ring (bicyclic) bond motifs is 3. The number of nitrogens with zero attached hydrogens (tertiary/aromatic N) is 20. The summed E-state index contributed by atoms with van der Waals surface area (Å²) in [4.78, 5) is 32.0. The van der Waals surface area contributed by atoms with Gasteiger partial charge >= 0.3 is 0 Å². The van der Waals surface area contributed by atoms with Crippen LogP contribution in [0.5, 0.6) is 0 Å². The van der Waals surface area contributed by atoms with Gasteiger partial charge in [-0.1, -0.05) is 112 Å². The van der Waals surface area contributed by atoms with E-state index < -0.39 is 16.1 Å². The van der Waals surface area contributed by atoms with Crippen LogP contribution in [0.2, 0.25) is 51.4 Å². The van der Waals surface area contributed by atoms with E-state index in [1.807, 2.05) is 88.7 Å². The summed E-state index contributed by atoms with van der Waals surface area (Å²) in [6.45, 7) is 16.4. The Hall–Kier alpha value is -8.77. The standard InChI is InChI=1S/C25H32N8OSSi.C21H28BrN5OSSi.C19H18N8S.C4H5N3/c1-36(2,3)14-13-34-17-33(25-32-31-24(35-25)18-7-4-5-8-18)23-11-10-20-21(29-23)15-19(16-26-20)28-22-9-6-12-27-30-22;1-30(2,3)11-10-28-14-27(21-26-25-20(29-21)15-6-4-5-7-15)19-9-8-17-18(24-19)12-16(22)13-23-17;1-2-5-12(4-1)18-26-27-19(28-18)24-16-8-7-14-15(23-16)10-13(11-20-14)22-17-6-3-9-21-25-17;5-4-2-1-3-6-7-4/h6,9-12,15-16,18H,4-5,7-8,13-14,17H2,1-3H3,(H,28,30);8-9,12-13,15H,4-7,10-11,14H2,1-3H3;3,6-12H,1-2,4-5H2,(H,22,25)(H,23,24,27);1-3H,(H2,5,7). The van der Waals surface area contributed by atoms with Gasteiger partial charge in [-0.15, -0.1) is 45.9 Å². The number of rotatable bonds is 23. The lowest BCUT2D eigenvalue weighted by molar-refractivity contribution is 0.153. The highest BCUT2D eigenvalue weighted by atomic mass is 79.9. The molecule has 12 aromatic rings. The van der Waals surface area contributed by atoms with Gasteiger partial charge in [0.15, 0.2) is 11.6 Å². The predicted molar refractivity (Wildman–Crippen MR) is 412 cm³/mol. The van der Waals surface area contributed by atoms with Crippen molar-refractivity contribution in [2.75, 3.05) is 58.2 Å². The molecule has 3 saturated carbocycles. The maximum atomic E-state index is 6.15. The number of nitrogen functional groups attached to an aromatic ring is 1. The zero-order chi connectivity index (χ0) is 70.0. The first-order valence-corrected chi connectivity index (χ1v) is 44.8. The zero-order valence-corrected chi connectivity index (χ0v) is 63.6. The molecular formula is C69H83BrN24O2S3Si2. The van der Waals surface area contributed by atoms with Gasteiger partial charge in [0.2, 0.25) is 15.4 Å². The molecule has 3 aliphatic carbocycles. The van der Waals surface area contributed by atoms with E-state index in [1.54, 1.807) is 83.3 Å². The van der Waals surface area contributed by atoms with Crippen LogP contribution in [0.1, 0.15) is 110 Å². The number of hydrogen-bond acceptors (Lipinski definition) is 29. The second-order valence-corrected chi connectivity index (χ2v) is 42.4. The Balaban J connectivity index is 0.000000137. The largest absolute Gasteiger partial charge is 0.382 e. The third kappa shape index (κ3) is 21.2. The van der Waals surface area contributed by atoms with Gasteiger partial charge in [0.25, 0.3) is 0 Å². The first kappa shape index (κ1) is 72.0. The van der Waals surface area contributed by atoms with Crippen molar-refractivity contribution in [3.8, 4) is 0 Å². The Morgan fingerprint density at radius 2 is 0.891 bits per heavy atom. The molecule has 0 amide bonds. The van der Waals surface area contributed by atoms with E-state index in [-0.39, 0.29) is 0 Å². The summed E-state index contributed by atoms with van der Waals surface area (Å²) in [6.07, 6.45) is 25.1. The lowest BCUT2D eigenvalue weighted by Crippen LogP contribution is -2.26. The molecule has 15 rings (SSSR count). The van der Waals surface area contributed by atoms with E-state index in [2.05, 4.69) is 152 Å². The van der Waals surface area contributed by atoms with E-state index in [0.717, 1.165) is 122 Å². The Bertz CT molecular complexity index is 4580. The number of ether oxygens (including phenoxy) is 2. The number of aromatic nitrogens is 18. The van der Waals surface area contributed by atoms with E-state index in [1.165, 1.54) is 77.0 Å². The minimum Gasteiger partial charge on any atom is -0.382 e. The van der Waals surface area contributed by atoms with Gasteiger partial charge in [-0.3, -0.25) is 24.8 Å². The Morgan fingerprint density at radius 3 is 1.34 bits per heavy atom. The molecule has 32 heteroatoms. The molecule has 12 heterocycles. The first-order valence-electron chi connectivity index (χ1n) is 34.1. The van der Waals surface area contributed by atoms with E-state index in [9.17, 15) is 0 Å². The first-order chi connectivity index (χ1) is 49.1. The van der Waals surface area contributed by atoms with Crippen LogP contribution in [0.25, 0.3) is 33.1 Å². The summed E-state index contributed by atoms with van der Waals surface area (Å²) < 4.78 is 13.1. The topological polar surface area (TPSA) is 319 Å². The lowest BCUT2D eigenvalue weighted by Gasteiger charge is -2.22. The van der Waals surface area contributed by atoms with Crippen molar-refractivity contribution in [2.24, 2.45) is 0 Å². The summed E-state index contributed by atoms with van der Waals surface area (Å²) in [6, 6.07) is 30.7. The van der Waals surface area contributed by atoms with Crippen molar-refractivity contribution < 1.29 is 9.47 Å². The summed E-state index contributed by atoms with van der Waals surface area (Å²) >= 11 is 8.44. The quantitative estimate of drug-likeness (QED) is 0.0263. The number of nitrogens with two attached hydrogens (primary N) is 1. The fraction of sp³-hybridized carbons (Fsp3) is 0.391. The highest BCUT2D eigenvalue weighted by Crippen LogP contribution is 2.41. The average Bonchev–Trinajstić information content (AvgIpc) is 1.68. The molecule has 0 atom stereocenters. The molecule has 0 aromatic carbocycles. The number of halogens is 1. The van der Waals surface area contributed by atoms with Gasteiger partial charge in [-0.25, -0.2) is 15.0 Å². The van der Waals surface area contributed by atoms with Gasteiger partial charge < -0.3 is 31.2 Å². The fourth-order valence-electron chi connectivity index (χ4n) is 11.4. The van der Waals surface area contributed by atoms with Crippen molar-refractivity contribution in [3.05, 3.63) is 148 Å². The minimum atomic E-state index is -1.19. The van der Waals surface area contributed by atoms with Crippen molar-refractivity contribution in [2.45, 2.75) is 146 Å². The molecule has 26 nitrogen and oxygen atoms in total. The van der Waals surface area contributed by atoms with Crippen molar-refractivity contribution in [1.29, 1.82) is 0 Å². The lowest BCUT2D eigenvalue weighted by atomic mass is 10.1. The molecule has 524 valence electrons. The van der Waals surface area contributed by atoms with Gasteiger partial charge in [-0.2, -0.15) is 15.3 Å². The van der Waals surface area contributed by atoms with Gasteiger partial charge in [0.1, 0.15) is 51.8 Å². The third-order valence-electron chi connectivity index (χ3n) is 16.9. The van der Waals surface area contributed by atoms with Crippen LogP contribution in [-0.2, 0) is 9.47 Å². The van der Waals surface area contributed by atoms with Crippen molar-refractivity contribution >= 4 is 161 Å². The van der Waals surface area contributed by atoms with Gasteiger partial charge in [-0.05, 0) is 158 Å². The average molecular weight is 1510 g/mol. The van der Waals surface area contributed by atoms with Crippen LogP contribution >= 0.6 is 49.9 Å². The normalized spacial score (nSPS) is 14.2. The second-order valence-electron chi connectivity index (χ2n) is 27.3. The molecule has 5 N–H and O–H groups in total. The summed E-state index contributed by atoms with van der Waals surface area (Å²) in [5, 5.41) is 65.2. The molecule has 0 bridgehead atoms. The van der Waals surface area contributed by atoms with Gasteiger partial charge in [0.05, 0.1) is 56.9 Å².